The number of carboxylic acids is 1. The summed E-state index contributed by atoms with van der Waals surface area (Å²) >= 11 is 0. The lowest BCUT2D eigenvalue weighted by atomic mass is 10.0. The van der Waals surface area contributed by atoms with Crippen molar-refractivity contribution in [3.8, 4) is 0 Å². The van der Waals surface area contributed by atoms with E-state index in [0.717, 1.165) is 0 Å². The van der Waals surface area contributed by atoms with Gasteiger partial charge >= 0.3 is 18.0 Å². The fraction of sp³-hybridized carbons (Fsp3) is 0.727. The summed E-state index contributed by atoms with van der Waals surface area (Å²) in [5, 5.41) is 8.72. The molecule has 1 N–H and O–H groups in total. The Kier molecular flexibility index (Phi) is 4.94. The fourth-order valence-electron chi connectivity index (χ4n) is 1.67. The Bertz CT molecular complexity index is 338. The molecule has 0 atom stereocenters. The number of hydrogen-bond donors (Lipinski definition) is 1. The van der Waals surface area contributed by atoms with Gasteiger partial charge in [0.1, 0.15) is 6.54 Å². The molecule has 0 aromatic heterocycles. The van der Waals surface area contributed by atoms with Gasteiger partial charge < -0.3 is 19.6 Å². The van der Waals surface area contributed by atoms with Crippen molar-refractivity contribution in [1.29, 1.82) is 0 Å². The molecule has 102 valence electrons. The third kappa shape index (κ3) is 3.35. The van der Waals surface area contributed by atoms with Crippen molar-refractivity contribution in [2.24, 2.45) is 5.92 Å². The molecule has 0 aromatic carbocycles. The van der Waals surface area contributed by atoms with E-state index in [4.69, 9.17) is 9.84 Å². The Morgan fingerprint density at radius 3 is 2.39 bits per heavy atom. The van der Waals surface area contributed by atoms with Crippen molar-refractivity contribution in [2.75, 3.05) is 32.8 Å². The third-order valence-electron chi connectivity index (χ3n) is 2.78. The quantitative estimate of drug-likeness (QED) is 0.702. The van der Waals surface area contributed by atoms with Gasteiger partial charge in [0, 0.05) is 19.6 Å². The average molecular weight is 258 g/mol. The minimum Gasteiger partial charge on any atom is -0.481 e. The second-order valence-corrected chi connectivity index (χ2v) is 4.04. The lowest BCUT2D eigenvalue weighted by Crippen LogP contribution is -2.57. The Morgan fingerprint density at radius 2 is 1.94 bits per heavy atom. The van der Waals surface area contributed by atoms with Crippen LogP contribution in [0.25, 0.3) is 0 Å². The van der Waals surface area contributed by atoms with E-state index in [9.17, 15) is 14.4 Å². The lowest BCUT2D eigenvalue weighted by Gasteiger charge is -2.39. The molecule has 0 unspecified atom stereocenters. The number of hydrogen-bond acceptors (Lipinski definition) is 4. The van der Waals surface area contributed by atoms with Crippen LogP contribution in [0.5, 0.6) is 0 Å². The Balaban J connectivity index is 2.44. The summed E-state index contributed by atoms with van der Waals surface area (Å²) in [4.78, 5) is 36.6. The van der Waals surface area contributed by atoms with Crippen molar-refractivity contribution < 1.29 is 24.2 Å². The first-order valence-electron chi connectivity index (χ1n) is 5.91. The van der Waals surface area contributed by atoms with Gasteiger partial charge in [0.15, 0.2) is 0 Å². The Hall–Kier alpha value is -1.79. The topological polar surface area (TPSA) is 87.2 Å². The molecule has 0 aliphatic carbocycles. The van der Waals surface area contributed by atoms with Gasteiger partial charge in [-0.3, -0.25) is 9.59 Å². The predicted molar refractivity (Wildman–Crippen MR) is 62.0 cm³/mol. The van der Waals surface area contributed by atoms with Crippen LogP contribution in [0.1, 0.15) is 13.8 Å². The lowest BCUT2D eigenvalue weighted by molar-refractivity contribution is -0.147. The van der Waals surface area contributed by atoms with Crippen LogP contribution in [-0.2, 0) is 14.3 Å². The maximum Gasteiger partial charge on any atom is 0.325 e. The van der Waals surface area contributed by atoms with Crippen LogP contribution in [0, 0.1) is 5.92 Å². The largest absolute Gasteiger partial charge is 0.481 e. The van der Waals surface area contributed by atoms with E-state index in [1.54, 1.807) is 13.8 Å². The molecule has 0 aromatic rings. The molecular formula is C11H18N2O5. The van der Waals surface area contributed by atoms with Crippen molar-refractivity contribution in [1.82, 2.24) is 9.80 Å². The van der Waals surface area contributed by atoms with E-state index >= 15 is 0 Å². The number of amides is 2. The number of carboxylic acid groups (broad SMARTS) is 1. The summed E-state index contributed by atoms with van der Waals surface area (Å²) < 4.78 is 4.77. The van der Waals surface area contributed by atoms with Gasteiger partial charge in [0.25, 0.3) is 0 Å². The van der Waals surface area contributed by atoms with Gasteiger partial charge in [-0.2, -0.15) is 0 Å². The molecular weight excluding hydrogens is 240 g/mol. The minimum atomic E-state index is -0.896. The molecule has 1 heterocycles. The number of likely N-dealkylation sites (tertiary alicyclic amines) is 1. The van der Waals surface area contributed by atoms with E-state index in [1.807, 2.05) is 0 Å². The summed E-state index contributed by atoms with van der Waals surface area (Å²) in [5.41, 5.74) is 0. The zero-order valence-electron chi connectivity index (χ0n) is 10.6. The third-order valence-corrected chi connectivity index (χ3v) is 2.78. The standard InChI is InChI=1S/C11H18N2O5/c1-3-12(7-9(14)18-4-2)11(17)13-5-8(6-13)10(15)16/h8H,3-7H2,1-2H3,(H,15,16). The molecule has 1 aliphatic rings. The molecule has 7 heteroatoms. The normalized spacial score (nSPS) is 14.9. The SMILES string of the molecule is CCOC(=O)CN(CC)C(=O)N1CC(C(=O)O)C1. The number of likely N-dealkylation sites (N-methyl/N-ethyl adjacent to an activating group) is 1. The first-order valence-corrected chi connectivity index (χ1v) is 5.91. The van der Waals surface area contributed by atoms with Crippen LogP contribution in [0.4, 0.5) is 4.79 Å². The number of aliphatic carboxylic acids is 1. The van der Waals surface area contributed by atoms with Gasteiger partial charge in [-0.05, 0) is 13.8 Å². The zero-order chi connectivity index (χ0) is 13.7. The van der Waals surface area contributed by atoms with Crippen LogP contribution < -0.4 is 0 Å². The van der Waals surface area contributed by atoms with Gasteiger partial charge in [0.05, 0.1) is 12.5 Å². The summed E-state index contributed by atoms with van der Waals surface area (Å²) in [6, 6.07) is -0.317. The van der Waals surface area contributed by atoms with Gasteiger partial charge in [0.2, 0.25) is 0 Å². The highest BCUT2D eigenvalue weighted by Crippen LogP contribution is 2.17. The highest BCUT2D eigenvalue weighted by molar-refractivity contribution is 5.83. The first-order chi connectivity index (χ1) is 8.49. The number of carbonyl (C=O) groups is 3. The number of rotatable bonds is 5. The molecule has 0 bridgehead atoms. The van der Waals surface area contributed by atoms with Crippen LogP contribution in [0.3, 0.4) is 0 Å². The molecule has 1 aliphatic heterocycles. The van der Waals surface area contributed by atoms with Crippen molar-refractivity contribution in [2.45, 2.75) is 13.8 Å². The molecule has 1 saturated heterocycles. The molecule has 18 heavy (non-hydrogen) atoms. The van der Waals surface area contributed by atoms with Crippen molar-refractivity contribution in [3.05, 3.63) is 0 Å². The first kappa shape index (κ1) is 14.3. The summed E-state index contributed by atoms with van der Waals surface area (Å²) in [6.45, 7) is 4.41. The monoisotopic (exact) mass is 258 g/mol. The highest BCUT2D eigenvalue weighted by Gasteiger charge is 2.37. The number of esters is 1. The van der Waals surface area contributed by atoms with Crippen LogP contribution in [0.15, 0.2) is 0 Å². The number of ether oxygens (including phenoxy) is 1. The summed E-state index contributed by atoms with van der Waals surface area (Å²) in [5.74, 6) is -1.84. The molecule has 1 rings (SSSR count). The number of carbonyl (C=O) groups excluding carboxylic acids is 2. The second kappa shape index (κ2) is 6.23. The van der Waals surface area contributed by atoms with Gasteiger partial charge in [-0.25, -0.2) is 4.79 Å². The van der Waals surface area contributed by atoms with Gasteiger partial charge in [-0.15, -0.1) is 0 Å². The Labute approximate surface area is 105 Å². The Morgan fingerprint density at radius 1 is 1.33 bits per heavy atom. The van der Waals surface area contributed by atoms with Gasteiger partial charge in [-0.1, -0.05) is 0 Å². The molecule has 0 saturated carbocycles. The van der Waals surface area contributed by atoms with E-state index in [-0.39, 0.29) is 32.3 Å². The molecule has 0 spiro atoms. The smallest absolute Gasteiger partial charge is 0.325 e. The van der Waals surface area contributed by atoms with Crippen LogP contribution in [0.2, 0.25) is 0 Å². The molecule has 0 radical (unpaired) electrons. The molecule has 7 nitrogen and oxygen atoms in total. The van der Waals surface area contributed by atoms with E-state index < -0.39 is 17.9 Å². The second-order valence-electron chi connectivity index (χ2n) is 4.04. The maximum absolute atomic E-state index is 11.9. The summed E-state index contributed by atoms with van der Waals surface area (Å²) in [7, 11) is 0. The number of nitrogens with zero attached hydrogens (tertiary/aromatic N) is 2. The van der Waals surface area contributed by atoms with E-state index in [0.29, 0.717) is 6.54 Å². The van der Waals surface area contributed by atoms with E-state index in [1.165, 1.54) is 9.80 Å². The fourth-order valence-corrected chi connectivity index (χ4v) is 1.67. The summed E-state index contributed by atoms with van der Waals surface area (Å²) in [6.07, 6.45) is 0. The molecule has 2 amide bonds. The van der Waals surface area contributed by atoms with E-state index in [2.05, 4.69) is 0 Å². The van der Waals surface area contributed by atoms with Crippen molar-refractivity contribution >= 4 is 18.0 Å². The maximum atomic E-state index is 11.9. The highest BCUT2D eigenvalue weighted by atomic mass is 16.5. The molecule has 1 fully saturated rings. The average Bonchev–Trinajstić information content (AvgIpc) is 2.23. The van der Waals surface area contributed by atoms with Crippen molar-refractivity contribution in [3.63, 3.8) is 0 Å². The minimum absolute atomic E-state index is 0.0998. The number of urea groups is 1. The predicted octanol–water partition coefficient (Wildman–Crippen LogP) is 0.00780. The van der Waals surface area contributed by atoms with Crippen LogP contribution in [-0.4, -0.2) is 65.7 Å². The van der Waals surface area contributed by atoms with Crippen LogP contribution >= 0.6 is 0 Å². The zero-order valence-corrected chi connectivity index (χ0v) is 10.6.